The number of hydrogen-bond acceptors (Lipinski definition) is 3. The zero-order valence-electron chi connectivity index (χ0n) is 11.6. The van der Waals surface area contributed by atoms with Crippen LogP contribution in [0.4, 0.5) is 17.1 Å². The van der Waals surface area contributed by atoms with Crippen LogP contribution in [0.2, 0.25) is 0 Å². The van der Waals surface area contributed by atoms with E-state index in [0.29, 0.717) is 11.3 Å². The van der Waals surface area contributed by atoms with Crippen LogP contribution in [0, 0.1) is 18.3 Å². The standard InChI is InChI=1S/C17H17N3/c1-12-4-6-16-14(9-12)3-2-8-20(16)17-7-5-13(11-18)10-15(17)19/h4-7,9-10H,2-3,8,19H2,1H3. The molecule has 0 fully saturated rings. The zero-order chi connectivity index (χ0) is 14.1. The Morgan fingerprint density at radius 2 is 1.95 bits per heavy atom. The minimum Gasteiger partial charge on any atom is -0.397 e. The van der Waals surface area contributed by atoms with Crippen molar-refractivity contribution in [1.82, 2.24) is 0 Å². The lowest BCUT2D eigenvalue weighted by Gasteiger charge is -2.32. The van der Waals surface area contributed by atoms with E-state index in [2.05, 4.69) is 36.1 Å². The van der Waals surface area contributed by atoms with Gasteiger partial charge in [-0.05, 0) is 49.6 Å². The monoisotopic (exact) mass is 263 g/mol. The third kappa shape index (κ3) is 2.10. The summed E-state index contributed by atoms with van der Waals surface area (Å²) >= 11 is 0. The van der Waals surface area contributed by atoms with Crippen LogP contribution in [-0.4, -0.2) is 6.54 Å². The molecule has 1 aliphatic rings. The van der Waals surface area contributed by atoms with Gasteiger partial charge in [-0.1, -0.05) is 17.7 Å². The van der Waals surface area contributed by atoms with Crippen molar-refractivity contribution in [3.63, 3.8) is 0 Å². The van der Waals surface area contributed by atoms with E-state index in [1.807, 2.05) is 12.1 Å². The van der Waals surface area contributed by atoms with Gasteiger partial charge in [0.2, 0.25) is 0 Å². The highest BCUT2D eigenvalue weighted by Gasteiger charge is 2.19. The fraction of sp³-hybridized carbons (Fsp3) is 0.235. The fourth-order valence-corrected chi connectivity index (χ4v) is 2.85. The minimum absolute atomic E-state index is 0.604. The van der Waals surface area contributed by atoms with Crippen LogP contribution in [0.15, 0.2) is 36.4 Å². The van der Waals surface area contributed by atoms with E-state index in [4.69, 9.17) is 11.0 Å². The van der Waals surface area contributed by atoms with Gasteiger partial charge in [0.05, 0.1) is 23.0 Å². The maximum Gasteiger partial charge on any atom is 0.0992 e. The first-order valence-corrected chi connectivity index (χ1v) is 6.86. The van der Waals surface area contributed by atoms with E-state index in [1.165, 1.54) is 16.8 Å². The zero-order valence-corrected chi connectivity index (χ0v) is 11.6. The maximum atomic E-state index is 8.93. The van der Waals surface area contributed by atoms with Crippen molar-refractivity contribution >= 4 is 17.1 Å². The molecule has 0 spiro atoms. The number of rotatable bonds is 1. The van der Waals surface area contributed by atoms with Gasteiger partial charge in [-0.2, -0.15) is 5.26 Å². The van der Waals surface area contributed by atoms with E-state index in [9.17, 15) is 0 Å². The normalized spacial score (nSPS) is 13.7. The molecule has 0 aromatic heterocycles. The number of nitrogens with two attached hydrogens (primary N) is 1. The third-order valence-electron chi connectivity index (χ3n) is 3.80. The lowest BCUT2D eigenvalue weighted by molar-refractivity contribution is 0.766. The second kappa shape index (κ2) is 4.90. The molecule has 3 nitrogen and oxygen atoms in total. The van der Waals surface area contributed by atoms with Gasteiger partial charge in [0.1, 0.15) is 0 Å². The molecule has 0 unspecified atom stereocenters. The van der Waals surface area contributed by atoms with Gasteiger partial charge < -0.3 is 10.6 Å². The highest BCUT2D eigenvalue weighted by Crippen LogP contribution is 2.36. The first-order valence-electron chi connectivity index (χ1n) is 6.86. The summed E-state index contributed by atoms with van der Waals surface area (Å²) in [7, 11) is 0. The summed E-state index contributed by atoms with van der Waals surface area (Å²) in [4.78, 5) is 2.26. The second-order valence-electron chi connectivity index (χ2n) is 5.27. The number of aryl methyl sites for hydroxylation is 2. The topological polar surface area (TPSA) is 53.0 Å². The molecule has 0 saturated carbocycles. The second-order valence-corrected chi connectivity index (χ2v) is 5.27. The van der Waals surface area contributed by atoms with Gasteiger partial charge in [-0.25, -0.2) is 0 Å². The number of fused-ring (bicyclic) bond motifs is 1. The van der Waals surface area contributed by atoms with Crippen molar-refractivity contribution in [3.05, 3.63) is 53.1 Å². The van der Waals surface area contributed by atoms with Gasteiger partial charge >= 0.3 is 0 Å². The van der Waals surface area contributed by atoms with Crippen LogP contribution >= 0.6 is 0 Å². The van der Waals surface area contributed by atoms with Crippen LogP contribution in [0.3, 0.4) is 0 Å². The number of nitrogen functional groups attached to an aromatic ring is 1. The molecule has 2 aromatic carbocycles. The smallest absolute Gasteiger partial charge is 0.0992 e. The summed E-state index contributed by atoms with van der Waals surface area (Å²) < 4.78 is 0. The molecular weight excluding hydrogens is 246 g/mol. The Kier molecular flexibility index (Phi) is 3.08. The first-order chi connectivity index (χ1) is 9.69. The van der Waals surface area contributed by atoms with E-state index < -0.39 is 0 Å². The van der Waals surface area contributed by atoms with Crippen LogP contribution < -0.4 is 10.6 Å². The molecule has 0 atom stereocenters. The molecule has 0 saturated heterocycles. The Bertz CT molecular complexity index is 698. The SMILES string of the molecule is Cc1ccc2c(c1)CCCN2c1ccc(C#N)cc1N. The molecule has 0 amide bonds. The predicted molar refractivity (Wildman–Crippen MR) is 82.1 cm³/mol. The Morgan fingerprint density at radius 1 is 1.15 bits per heavy atom. The molecule has 3 rings (SSSR count). The van der Waals surface area contributed by atoms with E-state index in [-0.39, 0.29) is 0 Å². The van der Waals surface area contributed by atoms with Gasteiger partial charge in [0.25, 0.3) is 0 Å². The summed E-state index contributed by atoms with van der Waals surface area (Å²) in [6, 6.07) is 14.2. The molecule has 0 bridgehead atoms. The number of hydrogen-bond donors (Lipinski definition) is 1. The average Bonchev–Trinajstić information content (AvgIpc) is 2.46. The van der Waals surface area contributed by atoms with Crippen molar-refractivity contribution in [2.24, 2.45) is 0 Å². The summed E-state index contributed by atoms with van der Waals surface area (Å²) in [6.07, 6.45) is 2.24. The molecule has 1 heterocycles. The first kappa shape index (κ1) is 12.6. The van der Waals surface area contributed by atoms with Gasteiger partial charge in [-0.15, -0.1) is 0 Å². The molecule has 2 N–H and O–H groups in total. The lowest BCUT2D eigenvalue weighted by atomic mass is 9.98. The van der Waals surface area contributed by atoms with Crippen LogP contribution in [0.1, 0.15) is 23.1 Å². The van der Waals surface area contributed by atoms with Crippen LogP contribution in [0.25, 0.3) is 0 Å². The number of anilines is 3. The van der Waals surface area contributed by atoms with E-state index >= 15 is 0 Å². The average molecular weight is 263 g/mol. The summed E-state index contributed by atoms with van der Waals surface area (Å²) in [5.74, 6) is 0. The predicted octanol–water partition coefficient (Wildman–Crippen LogP) is 3.53. The van der Waals surface area contributed by atoms with Gasteiger partial charge in [0, 0.05) is 12.2 Å². The quantitative estimate of drug-likeness (QED) is 0.801. The van der Waals surface area contributed by atoms with Crippen molar-refractivity contribution in [2.45, 2.75) is 19.8 Å². The minimum atomic E-state index is 0.604. The highest BCUT2D eigenvalue weighted by atomic mass is 15.1. The summed E-state index contributed by atoms with van der Waals surface area (Å²) in [5.41, 5.74) is 12.3. The molecule has 0 aliphatic carbocycles. The highest BCUT2D eigenvalue weighted by molar-refractivity contribution is 5.78. The molecule has 0 radical (unpaired) electrons. The third-order valence-corrected chi connectivity index (χ3v) is 3.80. The fourth-order valence-electron chi connectivity index (χ4n) is 2.85. The summed E-state index contributed by atoms with van der Waals surface area (Å²) in [6.45, 7) is 3.08. The molecule has 2 aromatic rings. The lowest BCUT2D eigenvalue weighted by Crippen LogP contribution is -2.25. The Balaban J connectivity index is 2.07. The summed E-state index contributed by atoms with van der Waals surface area (Å²) in [5, 5.41) is 8.93. The Labute approximate surface area is 119 Å². The molecule has 1 aliphatic heterocycles. The van der Waals surface area contributed by atoms with E-state index in [0.717, 1.165) is 25.1 Å². The maximum absolute atomic E-state index is 8.93. The van der Waals surface area contributed by atoms with Crippen LogP contribution in [0.5, 0.6) is 0 Å². The largest absolute Gasteiger partial charge is 0.397 e. The Morgan fingerprint density at radius 3 is 2.70 bits per heavy atom. The van der Waals surface area contributed by atoms with Crippen LogP contribution in [-0.2, 0) is 6.42 Å². The van der Waals surface area contributed by atoms with Gasteiger partial charge in [0.15, 0.2) is 0 Å². The van der Waals surface area contributed by atoms with Crippen molar-refractivity contribution in [3.8, 4) is 6.07 Å². The Hall–Kier alpha value is -2.47. The number of nitriles is 1. The van der Waals surface area contributed by atoms with E-state index in [1.54, 1.807) is 6.07 Å². The van der Waals surface area contributed by atoms with Crippen molar-refractivity contribution in [1.29, 1.82) is 5.26 Å². The molecule has 3 heteroatoms. The molecule has 100 valence electrons. The number of nitrogens with zero attached hydrogens (tertiary/aromatic N) is 2. The molecule has 20 heavy (non-hydrogen) atoms. The van der Waals surface area contributed by atoms with Gasteiger partial charge in [-0.3, -0.25) is 0 Å². The van der Waals surface area contributed by atoms with Crippen molar-refractivity contribution in [2.75, 3.05) is 17.2 Å². The molecular formula is C17H17N3. The van der Waals surface area contributed by atoms with Crippen molar-refractivity contribution < 1.29 is 0 Å². The number of benzene rings is 2.